The number of nitrogens with zero attached hydrogens (tertiary/aromatic N) is 3. The number of hydrogen-bond acceptors (Lipinski definition) is 5. The Labute approximate surface area is 177 Å². The van der Waals surface area contributed by atoms with Gasteiger partial charge in [-0.25, -0.2) is 19.2 Å². The Morgan fingerprint density at radius 1 is 1.19 bits per heavy atom. The van der Waals surface area contributed by atoms with Crippen molar-refractivity contribution in [3.8, 4) is 11.6 Å². The average molecular weight is 417 g/mol. The van der Waals surface area contributed by atoms with Crippen LogP contribution < -0.4 is 15.4 Å². The Kier molecular flexibility index (Phi) is 4.83. The third kappa shape index (κ3) is 3.73. The van der Waals surface area contributed by atoms with Crippen LogP contribution in [0.5, 0.6) is 11.6 Å². The predicted molar refractivity (Wildman–Crippen MR) is 115 cm³/mol. The molecule has 2 aromatic carbocycles. The minimum absolute atomic E-state index is 0.148. The third-order valence-electron chi connectivity index (χ3n) is 5.30. The highest BCUT2D eigenvalue weighted by atomic mass is 19.1. The molecule has 2 aromatic heterocycles. The molecule has 0 spiro atoms. The zero-order valence-electron chi connectivity index (χ0n) is 16.9. The van der Waals surface area contributed by atoms with Crippen LogP contribution in [0.15, 0.2) is 55.0 Å². The molecular formula is C23H20FN5O2. The SMILES string of the molecule is Cc1ccc(F)c(NC(=O)n2ccc3cc(Oc4ncnc5c4CCNC5)ccc32)c1. The van der Waals surface area contributed by atoms with Crippen LogP contribution in [0.25, 0.3) is 10.9 Å². The van der Waals surface area contributed by atoms with Crippen molar-refractivity contribution in [3.63, 3.8) is 0 Å². The van der Waals surface area contributed by atoms with Crippen molar-refractivity contribution in [2.75, 3.05) is 11.9 Å². The molecule has 7 nitrogen and oxygen atoms in total. The van der Waals surface area contributed by atoms with E-state index in [9.17, 15) is 9.18 Å². The predicted octanol–water partition coefficient (Wildman–Crippen LogP) is 4.40. The second-order valence-corrected chi connectivity index (χ2v) is 7.45. The first kappa shape index (κ1) is 19.2. The van der Waals surface area contributed by atoms with E-state index in [4.69, 9.17) is 4.74 Å². The molecule has 0 saturated carbocycles. The molecule has 0 bridgehead atoms. The molecule has 156 valence electrons. The van der Waals surface area contributed by atoms with Gasteiger partial charge in [0.15, 0.2) is 0 Å². The summed E-state index contributed by atoms with van der Waals surface area (Å²) in [5.41, 5.74) is 3.65. The number of aryl methyl sites for hydroxylation is 1. The summed E-state index contributed by atoms with van der Waals surface area (Å²) in [6.07, 6.45) is 3.96. The molecule has 2 N–H and O–H groups in total. The number of ether oxygens (including phenoxy) is 1. The summed E-state index contributed by atoms with van der Waals surface area (Å²) in [6, 6.07) is 11.4. The van der Waals surface area contributed by atoms with Crippen LogP contribution in [0.4, 0.5) is 14.9 Å². The van der Waals surface area contributed by atoms with Crippen molar-refractivity contribution in [2.24, 2.45) is 0 Å². The molecule has 1 aliphatic rings. The van der Waals surface area contributed by atoms with Crippen LogP contribution in [0.3, 0.4) is 0 Å². The zero-order chi connectivity index (χ0) is 21.4. The van der Waals surface area contributed by atoms with E-state index in [1.807, 2.05) is 19.1 Å². The molecule has 31 heavy (non-hydrogen) atoms. The Bertz CT molecular complexity index is 1300. The normalized spacial score (nSPS) is 13.1. The molecule has 0 fully saturated rings. The van der Waals surface area contributed by atoms with Gasteiger partial charge in [0.2, 0.25) is 5.88 Å². The molecule has 0 aliphatic carbocycles. The van der Waals surface area contributed by atoms with Crippen LogP contribution >= 0.6 is 0 Å². The van der Waals surface area contributed by atoms with Crippen LogP contribution in [-0.4, -0.2) is 27.1 Å². The van der Waals surface area contributed by atoms with E-state index in [0.29, 0.717) is 23.7 Å². The van der Waals surface area contributed by atoms with E-state index in [1.54, 1.807) is 30.5 Å². The standard InChI is InChI=1S/C23H20FN5O2/c1-14-2-4-18(24)19(10-14)28-23(30)29-9-7-15-11-16(3-5-21(15)29)31-22-17-6-8-25-12-20(17)26-13-27-22/h2-5,7,9-11,13,25H,6,8,12H2,1H3,(H,28,30). The van der Waals surface area contributed by atoms with E-state index >= 15 is 0 Å². The van der Waals surface area contributed by atoms with Gasteiger partial charge < -0.3 is 15.4 Å². The largest absolute Gasteiger partial charge is 0.439 e. The molecule has 1 amide bonds. The fourth-order valence-electron chi connectivity index (χ4n) is 3.73. The molecule has 0 radical (unpaired) electrons. The van der Waals surface area contributed by atoms with Crippen molar-refractivity contribution in [1.82, 2.24) is 19.9 Å². The minimum atomic E-state index is -0.477. The smallest absolute Gasteiger partial charge is 0.330 e. The number of benzene rings is 2. The summed E-state index contributed by atoms with van der Waals surface area (Å²) in [5, 5.41) is 6.73. The van der Waals surface area contributed by atoms with Gasteiger partial charge in [-0.1, -0.05) is 6.07 Å². The number of fused-ring (bicyclic) bond motifs is 2. The van der Waals surface area contributed by atoms with Gasteiger partial charge in [0, 0.05) is 23.7 Å². The zero-order valence-corrected chi connectivity index (χ0v) is 16.9. The lowest BCUT2D eigenvalue weighted by Crippen LogP contribution is -2.25. The van der Waals surface area contributed by atoms with Gasteiger partial charge >= 0.3 is 6.03 Å². The first-order valence-electron chi connectivity index (χ1n) is 9.98. The second-order valence-electron chi connectivity index (χ2n) is 7.45. The van der Waals surface area contributed by atoms with E-state index in [0.717, 1.165) is 35.2 Å². The number of halogens is 1. The average Bonchev–Trinajstić information content (AvgIpc) is 3.20. The number of carbonyl (C=O) groups excluding carboxylic acids is 1. The molecular weight excluding hydrogens is 397 g/mol. The number of anilines is 1. The molecule has 5 rings (SSSR count). The van der Waals surface area contributed by atoms with Crippen LogP contribution in [0, 0.1) is 12.7 Å². The number of hydrogen-bond donors (Lipinski definition) is 2. The van der Waals surface area contributed by atoms with E-state index in [2.05, 4.69) is 20.6 Å². The molecule has 3 heterocycles. The maximum Gasteiger partial charge on any atom is 0.330 e. The van der Waals surface area contributed by atoms with E-state index in [1.165, 1.54) is 17.0 Å². The molecule has 4 aromatic rings. The lowest BCUT2D eigenvalue weighted by molar-refractivity contribution is 0.254. The first-order valence-corrected chi connectivity index (χ1v) is 9.98. The minimum Gasteiger partial charge on any atom is -0.439 e. The van der Waals surface area contributed by atoms with Gasteiger partial charge in [-0.05, 0) is 61.9 Å². The Hall–Kier alpha value is -3.78. The van der Waals surface area contributed by atoms with Crippen molar-refractivity contribution in [1.29, 1.82) is 0 Å². The summed E-state index contributed by atoms with van der Waals surface area (Å²) < 4.78 is 21.5. The van der Waals surface area contributed by atoms with Crippen LogP contribution in [-0.2, 0) is 13.0 Å². The topological polar surface area (TPSA) is 81.1 Å². The molecule has 0 unspecified atom stereocenters. The highest BCUT2D eigenvalue weighted by Gasteiger charge is 2.17. The number of rotatable bonds is 3. The van der Waals surface area contributed by atoms with Gasteiger partial charge in [-0.15, -0.1) is 0 Å². The second kappa shape index (κ2) is 7.81. The number of amides is 1. The number of carbonyl (C=O) groups is 1. The van der Waals surface area contributed by atoms with E-state index in [-0.39, 0.29) is 5.69 Å². The van der Waals surface area contributed by atoms with Crippen molar-refractivity contribution >= 4 is 22.6 Å². The van der Waals surface area contributed by atoms with E-state index < -0.39 is 11.8 Å². The van der Waals surface area contributed by atoms with Crippen LogP contribution in [0.1, 0.15) is 16.8 Å². The van der Waals surface area contributed by atoms with Crippen molar-refractivity contribution in [3.05, 3.63) is 77.6 Å². The fraction of sp³-hybridized carbons (Fsp3) is 0.174. The lowest BCUT2D eigenvalue weighted by Gasteiger charge is -2.18. The summed E-state index contributed by atoms with van der Waals surface area (Å²) in [5.74, 6) is 0.697. The molecule has 1 aliphatic heterocycles. The van der Waals surface area contributed by atoms with Gasteiger partial charge in [-0.3, -0.25) is 4.57 Å². The summed E-state index contributed by atoms with van der Waals surface area (Å²) >= 11 is 0. The third-order valence-corrected chi connectivity index (χ3v) is 5.30. The van der Waals surface area contributed by atoms with Crippen molar-refractivity contribution < 1.29 is 13.9 Å². The van der Waals surface area contributed by atoms with Gasteiger partial charge in [0.05, 0.1) is 16.9 Å². The summed E-state index contributed by atoms with van der Waals surface area (Å²) in [6.45, 7) is 3.40. The van der Waals surface area contributed by atoms with Crippen molar-refractivity contribution in [2.45, 2.75) is 19.9 Å². The quantitative estimate of drug-likeness (QED) is 0.517. The maximum atomic E-state index is 14.0. The van der Waals surface area contributed by atoms with Gasteiger partial charge in [-0.2, -0.15) is 0 Å². The lowest BCUT2D eigenvalue weighted by atomic mass is 10.1. The summed E-state index contributed by atoms with van der Waals surface area (Å²) in [4.78, 5) is 21.3. The molecule has 0 saturated heterocycles. The first-order chi connectivity index (χ1) is 15.1. The molecule has 8 heteroatoms. The Morgan fingerprint density at radius 2 is 2.10 bits per heavy atom. The number of nitrogens with one attached hydrogen (secondary N) is 2. The monoisotopic (exact) mass is 417 g/mol. The molecule has 0 atom stereocenters. The van der Waals surface area contributed by atoms with Crippen LogP contribution in [0.2, 0.25) is 0 Å². The van der Waals surface area contributed by atoms with Gasteiger partial charge in [0.1, 0.15) is 17.9 Å². The number of aromatic nitrogens is 3. The Morgan fingerprint density at radius 3 is 3.00 bits per heavy atom. The summed E-state index contributed by atoms with van der Waals surface area (Å²) in [7, 11) is 0. The van der Waals surface area contributed by atoms with Gasteiger partial charge in [0.25, 0.3) is 0 Å². The fourth-order valence-corrected chi connectivity index (χ4v) is 3.73. The Balaban J connectivity index is 1.40. The highest BCUT2D eigenvalue weighted by Crippen LogP contribution is 2.29. The highest BCUT2D eigenvalue weighted by molar-refractivity contribution is 5.98. The maximum absolute atomic E-state index is 14.0.